The molecule has 1 saturated heterocycles. The Bertz CT molecular complexity index is 473. The number of nitrogens with two attached hydrogens (primary N) is 1. The lowest BCUT2D eigenvalue weighted by Crippen LogP contribution is -2.55. The van der Waals surface area contributed by atoms with E-state index in [1.807, 2.05) is 13.8 Å². The number of hydrogen-bond acceptors (Lipinski definition) is 5. The third kappa shape index (κ3) is 6.74. The van der Waals surface area contributed by atoms with E-state index in [2.05, 4.69) is 10.7 Å². The number of hydrazine groups is 1. The second kappa shape index (κ2) is 8.32. The van der Waals surface area contributed by atoms with Gasteiger partial charge in [0, 0.05) is 6.54 Å². The Labute approximate surface area is 143 Å². The fourth-order valence-electron chi connectivity index (χ4n) is 2.35. The van der Waals surface area contributed by atoms with Crippen molar-refractivity contribution in [3.8, 4) is 0 Å². The van der Waals surface area contributed by atoms with Crippen molar-refractivity contribution in [1.29, 1.82) is 0 Å². The summed E-state index contributed by atoms with van der Waals surface area (Å²) in [5.41, 5.74) is 7.66. The molecule has 2 atom stereocenters. The van der Waals surface area contributed by atoms with Gasteiger partial charge in [-0.25, -0.2) is 9.80 Å². The molecule has 0 aliphatic carbocycles. The van der Waals surface area contributed by atoms with Crippen LogP contribution >= 0.6 is 0 Å². The molecule has 1 unspecified atom stereocenters. The van der Waals surface area contributed by atoms with Crippen molar-refractivity contribution in [2.45, 2.75) is 59.1 Å². The summed E-state index contributed by atoms with van der Waals surface area (Å²) >= 11 is 0. The molecule has 3 amide bonds. The molecule has 0 saturated carbocycles. The number of carbonyl (C=O) groups excluding carboxylic acids is 3. The number of nitrogens with zero attached hydrogens (tertiary/aromatic N) is 1. The van der Waals surface area contributed by atoms with Crippen LogP contribution in [-0.2, 0) is 14.3 Å². The standard InChI is InChI=1S/C16H30N4O4/c1-10(2)8-12(17)14(22)19-20(15(23)24-16(3,4)5)9-11-6-7-18-13(11)21/h10-12H,6-9,17H2,1-5H3,(H,18,21)(H,19,22)/t11?,12-/m0/s1. The van der Waals surface area contributed by atoms with Crippen molar-refractivity contribution >= 4 is 17.9 Å². The quantitative estimate of drug-likeness (QED) is 0.638. The highest BCUT2D eigenvalue weighted by atomic mass is 16.6. The highest BCUT2D eigenvalue weighted by molar-refractivity contribution is 5.84. The van der Waals surface area contributed by atoms with E-state index in [0.29, 0.717) is 19.4 Å². The number of rotatable bonds is 5. The van der Waals surface area contributed by atoms with Crippen molar-refractivity contribution in [1.82, 2.24) is 15.8 Å². The smallest absolute Gasteiger partial charge is 0.429 e. The first-order chi connectivity index (χ1) is 11.0. The molecule has 0 bridgehead atoms. The van der Waals surface area contributed by atoms with Gasteiger partial charge in [-0.15, -0.1) is 0 Å². The first kappa shape index (κ1) is 20.2. The molecular weight excluding hydrogens is 312 g/mol. The van der Waals surface area contributed by atoms with Crippen LogP contribution in [0.25, 0.3) is 0 Å². The van der Waals surface area contributed by atoms with Crippen molar-refractivity contribution in [3.63, 3.8) is 0 Å². The van der Waals surface area contributed by atoms with Gasteiger partial charge in [0.25, 0.3) is 5.91 Å². The van der Waals surface area contributed by atoms with Crippen molar-refractivity contribution in [3.05, 3.63) is 0 Å². The van der Waals surface area contributed by atoms with Gasteiger partial charge in [-0.2, -0.15) is 0 Å². The molecule has 8 heteroatoms. The molecular formula is C16H30N4O4. The summed E-state index contributed by atoms with van der Waals surface area (Å²) in [5, 5.41) is 3.77. The molecule has 138 valence electrons. The molecule has 0 aromatic heterocycles. The van der Waals surface area contributed by atoms with Crippen LogP contribution < -0.4 is 16.5 Å². The normalized spacial score (nSPS) is 19.0. The van der Waals surface area contributed by atoms with Crippen LogP contribution in [-0.4, -0.2) is 47.6 Å². The lowest BCUT2D eigenvalue weighted by atomic mass is 10.0. The summed E-state index contributed by atoms with van der Waals surface area (Å²) in [6.07, 6.45) is 0.400. The molecule has 0 aromatic carbocycles. The molecule has 1 aliphatic heterocycles. The van der Waals surface area contributed by atoms with E-state index in [1.165, 1.54) is 0 Å². The van der Waals surface area contributed by atoms with Crippen molar-refractivity contribution in [2.24, 2.45) is 17.6 Å². The average Bonchev–Trinajstić information content (AvgIpc) is 2.80. The Morgan fingerprint density at radius 3 is 2.50 bits per heavy atom. The number of hydrogen-bond donors (Lipinski definition) is 3. The van der Waals surface area contributed by atoms with E-state index < -0.39 is 23.6 Å². The van der Waals surface area contributed by atoms with E-state index in [0.717, 1.165) is 5.01 Å². The van der Waals surface area contributed by atoms with Crippen LogP contribution in [0, 0.1) is 11.8 Å². The number of ether oxygens (including phenoxy) is 1. The van der Waals surface area contributed by atoms with Gasteiger partial charge in [0.2, 0.25) is 5.91 Å². The zero-order valence-corrected chi connectivity index (χ0v) is 15.2. The molecule has 1 aliphatic rings. The van der Waals surface area contributed by atoms with Gasteiger partial charge >= 0.3 is 6.09 Å². The molecule has 1 rings (SSSR count). The predicted molar refractivity (Wildman–Crippen MR) is 89.6 cm³/mol. The summed E-state index contributed by atoms with van der Waals surface area (Å²) in [5.74, 6) is -0.724. The second-order valence-electron chi connectivity index (χ2n) is 7.58. The van der Waals surface area contributed by atoms with Crippen LogP contribution in [0.15, 0.2) is 0 Å². The molecule has 0 spiro atoms. The summed E-state index contributed by atoms with van der Waals surface area (Å²) in [4.78, 5) is 36.3. The van der Waals surface area contributed by atoms with Crippen LogP contribution in [0.3, 0.4) is 0 Å². The SMILES string of the molecule is CC(C)C[C@H](N)C(=O)NN(CC1CCNC1=O)C(=O)OC(C)(C)C. The molecule has 4 N–H and O–H groups in total. The fraction of sp³-hybridized carbons (Fsp3) is 0.812. The maximum atomic E-state index is 12.4. The third-order valence-electron chi connectivity index (χ3n) is 3.49. The number of nitrogens with one attached hydrogen (secondary N) is 2. The van der Waals surface area contributed by atoms with Crippen molar-refractivity contribution < 1.29 is 19.1 Å². The Morgan fingerprint density at radius 1 is 1.42 bits per heavy atom. The minimum atomic E-state index is -0.729. The minimum Gasteiger partial charge on any atom is -0.442 e. The van der Waals surface area contributed by atoms with Gasteiger partial charge in [-0.05, 0) is 39.5 Å². The summed E-state index contributed by atoms with van der Waals surface area (Å²) in [6.45, 7) is 9.74. The van der Waals surface area contributed by atoms with Crippen molar-refractivity contribution in [2.75, 3.05) is 13.1 Å². The summed E-state index contributed by atoms with van der Waals surface area (Å²) in [6, 6.07) is -0.729. The zero-order chi connectivity index (χ0) is 18.5. The lowest BCUT2D eigenvalue weighted by Gasteiger charge is -2.29. The molecule has 0 radical (unpaired) electrons. The van der Waals surface area contributed by atoms with E-state index in [1.54, 1.807) is 20.8 Å². The Balaban J connectivity index is 2.78. The van der Waals surface area contributed by atoms with Gasteiger partial charge in [-0.3, -0.25) is 15.0 Å². The van der Waals surface area contributed by atoms with Crippen LogP contribution in [0.4, 0.5) is 4.79 Å². The largest absolute Gasteiger partial charge is 0.442 e. The van der Waals surface area contributed by atoms with Gasteiger partial charge in [-0.1, -0.05) is 13.8 Å². The Kier molecular flexibility index (Phi) is 7.01. The van der Waals surface area contributed by atoms with Crippen LogP contribution in [0.1, 0.15) is 47.5 Å². The highest BCUT2D eigenvalue weighted by Crippen LogP contribution is 2.14. The minimum absolute atomic E-state index is 0.0564. The van der Waals surface area contributed by atoms with E-state index >= 15 is 0 Å². The Hall–Kier alpha value is -1.83. The maximum Gasteiger partial charge on any atom is 0.429 e. The third-order valence-corrected chi connectivity index (χ3v) is 3.49. The second-order valence-corrected chi connectivity index (χ2v) is 7.58. The van der Waals surface area contributed by atoms with Gasteiger partial charge in [0.15, 0.2) is 0 Å². The summed E-state index contributed by atoms with van der Waals surface area (Å²) in [7, 11) is 0. The average molecular weight is 342 g/mol. The molecule has 24 heavy (non-hydrogen) atoms. The maximum absolute atomic E-state index is 12.4. The molecule has 8 nitrogen and oxygen atoms in total. The van der Waals surface area contributed by atoms with E-state index in [4.69, 9.17) is 10.5 Å². The number of amides is 3. The first-order valence-electron chi connectivity index (χ1n) is 8.34. The van der Waals surface area contributed by atoms with Crippen LogP contribution in [0.5, 0.6) is 0 Å². The topological polar surface area (TPSA) is 114 Å². The van der Waals surface area contributed by atoms with E-state index in [9.17, 15) is 14.4 Å². The molecule has 1 heterocycles. The highest BCUT2D eigenvalue weighted by Gasteiger charge is 2.32. The predicted octanol–water partition coefficient (Wildman–Crippen LogP) is 0.764. The van der Waals surface area contributed by atoms with Gasteiger partial charge in [0.1, 0.15) is 5.60 Å². The lowest BCUT2D eigenvalue weighted by molar-refractivity contribution is -0.129. The van der Waals surface area contributed by atoms with Gasteiger partial charge < -0.3 is 15.8 Å². The zero-order valence-electron chi connectivity index (χ0n) is 15.2. The first-order valence-corrected chi connectivity index (χ1v) is 8.34. The fourth-order valence-corrected chi connectivity index (χ4v) is 2.35. The summed E-state index contributed by atoms with van der Waals surface area (Å²) < 4.78 is 5.31. The van der Waals surface area contributed by atoms with E-state index in [-0.39, 0.29) is 24.3 Å². The molecule has 1 fully saturated rings. The Morgan fingerprint density at radius 2 is 2.04 bits per heavy atom. The van der Waals surface area contributed by atoms with Gasteiger partial charge in [0.05, 0.1) is 18.5 Å². The number of carbonyl (C=O) groups is 3. The van der Waals surface area contributed by atoms with Crippen LogP contribution in [0.2, 0.25) is 0 Å². The monoisotopic (exact) mass is 342 g/mol. The molecule has 0 aromatic rings.